The van der Waals surface area contributed by atoms with Crippen LogP contribution in [0.1, 0.15) is 33.4 Å². The lowest BCUT2D eigenvalue weighted by Crippen LogP contribution is -2.07. The maximum Gasteiger partial charge on any atom is 0.213 e. The third-order valence-corrected chi connectivity index (χ3v) is 4.62. The van der Waals surface area contributed by atoms with E-state index in [-0.39, 0.29) is 12.2 Å². The van der Waals surface area contributed by atoms with Gasteiger partial charge in [0.05, 0.1) is 29.8 Å². The molecule has 4 aromatic heterocycles. The molecule has 4 rings (SSSR count). The first kappa shape index (κ1) is 19.9. The summed E-state index contributed by atoms with van der Waals surface area (Å²) >= 11 is 0. The topological polar surface area (TPSA) is 61.5 Å². The summed E-state index contributed by atoms with van der Waals surface area (Å²) in [6.07, 6.45) is 5.98. The zero-order valence-electron chi connectivity index (χ0n) is 18.0. The lowest BCUT2D eigenvalue weighted by atomic mass is 10.1. The fourth-order valence-corrected chi connectivity index (χ4v) is 3.33. The smallest absolute Gasteiger partial charge is 0.213 e. The van der Waals surface area contributed by atoms with E-state index in [2.05, 4.69) is 31.6 Å². The van der Waals surface area contributed by atoms with Gasteiger partial charge in [0, 0.05) is 41.2 Å². The molecular formula is C24H26N4O2. The van der Waals surface area contributed by atoms with Gasteiger partial charge in [-0.25, -0.2) is 15.0 Å². The van der Waals surface area contributed by atoms with Crippen molar-refractivity contribution < 1.29 is 9.47 Å². The first-order chi connectivity index (χ1) is 14.4. The Balaban J connectivity index is 1.70. The van der Waals surface area contributed by atoms with Crippen molar-refractivity contribution in [1.82, 2.24) is 19.4 Å². The first-order valence-electron chi connectivity index (χ1n) is 10.2. The highest BCUT2D eigenvalue weighted by Gasteiger charge is 2.12. The van der Waals surface area contributed by atoms with Gasteiger partial charge in [0.25, 0.3) is 0 Å². The van der Waals surface area contributed by atoms with E-state index in [1.54, 1.807) is 0 Å². The van der Waals surface area contributed by atoms with Gasteiger partial charge in [-0.15, -0.1) is 0 Å². The second-order valence-corrected chi connectivity index (χ2v) is 7.79. The normalized spacial score (nSPS) is 11.4. The molecule has 0 amide bonds. The summed E-state index contributed by atoms with van der Waals surface area (Å²) in [5, 5.41) is 0. The Hall–Kier alpha value is -3.41. The fraction of sp³-hybridized carbons (Fsp3) is 0.292. The van der Waals surface area contributed by atoms with Gasteiger partial charge in [0.1, 0.15) is 5.65 Å². The lowest BCUT2D eigenvalue weighted by Gasteiger charge is -2.12. The van der Waals surface area contributed by atoms with E-state index < -0.39 is 0 Å². The average Bonchev–Trinajstić information content (AvgIpc) is 3.11. The maximum absolute atomic E-state index is 5.71. The van der Waals surface area contributed by atoms with E-state index in [9.17, 15) is 0 Å². The molecule has 30 heavy (non-hydrogen) atoms. The number of hydrogen-bond donors (Lipinski definition) is 0. The Kier molecular flexibility index (Phi) is 5.40. The number of hydrogen-bond acceptors (Lipinski definition) is 5. The highest BCUT2D eigenvalue weighted by Crippen LogP contribution is 2.28. The van der Waals surface area contributed by atoms with Gasteiger partial charge < -0.3 is 9.47 Å². The number of aryl methyl sites for hydroxylation is 1. The molecule has 4 aromatic rings. The van der Waals surface area contributed by atoms with Crippen molar-refractivity contribution in [3.8, 4) is 34.1 Å². The van der Waals surface area contributed by atoms with E-state index in [1.807, 2.05) is 77.3 Å². The summed E-state index contributed by atoms with van der Waals surface area (Å²) in [4.78, 5) is 13.6. The summed E-state index contributed by atoms with van der Waals surface area (Å²) in [5.74, 6) is 1.26. The molecule has 4 heterocycles. The van der Waals surface area contributed by atoms with Crippen LogP contribution in [-0.2, 0) is 0 Å². The number of aromatic nitrogens is 4. The number of ether oxygens (including phenoxy) is 2. The molecule has 0 saturated carbocycles. The largest absolute Gasteiger partial charge is 0.475 e. The average molecular weight is 402 g/mol. The van der Waals surface area contributed by atoms with Gasteiger partial charge in [0.2, 0.25) is 11.8 Å². The van der Waals surface area contributed by atoms with E-state index >= 15 is 0 Å². The van der Waals surface area contributed by atoms with Crippen LogP contribution in [0.15, 0.2) is 55.0 Å². The van der Waals surface area contributed by atoms with Gasteiger partial charge >= 0.3 is 0 Å². The van der Waals surface area contributed by atoms with Crippen molar-refractivity contribution in [3.05, 3.63) is 60.7 Å². The maximum atomic E-state index is 5.71. The molecule has 0 fully saturated rings. The third-order valence-electron chi connectivity index (χ3n) is 4.62. The molecule has 154 valence electrons. The third kappa shape index (κ3) is 4.13. The summed E-state index contributed by atoms with van der Waals surface area (Å²) in [7, 11) is 0. The quantitative estimate of drug-likeness (QED) is 0.436. The van der Waals surface area contributed by atoms with Gasteiger partial charge in [-0.1, -0.05) is 0 Å². The Bertz CT molecular complexity index is 1160. The molecule has 0 bridgehead atoms. The Morgan fingerprint density at radius 1 is 0.767 bits per heavy atom. The van der Waals surface area contributed by atoms with Gasteiger partial charge in [-0.2, -0.15) is 0 Å². The SMILES string of the molecule is Cc1nc(OC(C)C)ccc1-c1cnc2ccc(-c3ccc(OC(C)C)nc3)cn12. The van der Waals surface area contributed by atoms with Crippen LogP contribution >= 0.6 is 0 Å². The predicted molar refractivity (Wildman–Crippen MR) is 118 cm³/mol. The highest BCUT2D eigenvalue weighted by molar-refractivity contribution is 5.70. The summed E-state index contributed by atoms with van der Waals surface area (Å²) in [6, 6.07) is 11.9. The summed E-state index contributed by atoms with van der Waals surface area (Å²) < 4.78 is 13.4. The Labute approximate surface area is 176 Å². The van der Waals surface area contributed by atoms with Gasteiger partial charge in [0.15, 0.2) is 0 Å². The van der Waals surface area contributed by atoms with Crippen LogP contribution in [-0.4, -0.2) is 31.6 Å². The van der Waals surface area contributed by atoms with Gasteiger partial charge in [-0.3, -0.25) is 4.40 Å². The molecule has 6 heteroatoms. The second-order valence-electron chi connectivity index (χ2n) is 7.79. The predicted octanol–water partition coefficient (Wildman–Crippen LogP) is 5.34. The molecule has 0 aliphatic rings. The number of nitrogens with zero attached hydrogens (tertiary/aromatic N) is 4. The van der Waals surface area contributed by atoms with Crippen molar-refractivity contribution in [3.63, 3.8) is 0 Å². The molecule has 0 unspecified atom stereocenters. The van der Waals surface area contributed by atoms with Crippen molar-refractivity contribution in [2.75, 3.05) is 0 Å². The van der Waals surface area contributed by atoms with Crippen LogP contribution in [0.5, 0.6) is 11.8 Å². The van der Waals surface area contributed by atoms with E-state index in [4.69, 9.17) is 9.47 Å². The van der Waals surface area contributed by atoms with Crippen molar-refractivity contribution >= 4 is 5.65 Å². The molecule has 0 radical (unpaired) electrons. The number of imidazole rings is 1. The van der Waals surface area contributed by atoms with Crippen LogP contribution in [0.2, 0.25) is 0 Å². The minimum atomic E-state index is 0.0899. The van der Waals surface area contributed by atoms with E-state index in [0.717, 1.165) is 33.7 Å². The van der Waals surface area contributed by atoms with Crippen LogP contribution in [0, 0.1) is 6.92 Å². The van der Waals surface area contributed by atoms with Crippen LogP contribution in [0.4, 0.5) is 0 Å². The molecule has 0 atom stereocenters. The molecular weight excluding hydrogens is 376 g/mol. The molecule has 0 aliphatic heterocycles. The molecule has 0 N–H and O–H groups in total. The standard InChI is InChI=1S/C24H26N4O2/c1-15(2)29-23-10-7-18(12-26-23)19-6-9-22-25-13-21(28(22)14-19)20-8-11-24(27-17(20)5)30-16(3)4/h6-16H,1-5H3. The van der Waals surface area contributed by atoms with E-state index in [0.29, 0.717) is 11.8 Å². The van der Waals surface area contributed by atoms with Crippen molar-refractivity contribution in [2.45, 2.75) is 46.8 Å². The monoisotopic (exact) mass is 402 g/mol. The van der Waals surface area contributed by atoms with Crippen molar-refractivity contribution in [1.29, 1.82) is 0 Å². The van der Waals surface area contributed by atoms with Crippen LogP contribution in [0.3, 0.4) is 0 Å². The van der Waals surface area contributed by atoms with Crippen LogP contribution < -0.4 is 9.47 Å². The zero-order valence-corrected chi connectivity index (χ0v) is 18.0. The minimum absolute atomic E-state index is 0.0899. The molecule has 6 nitrogen and oxygen atoms in total. The molecule has 0 spiro atoms. The van der Waals surface area contributed by atoms with E-state index in [1.165, 1.54) is 0 Å². The summed E-state index contributed by atoms with van der Waals surface area (Å²) in [6.45, 7) is 9.95. The van der Waals surface area contributed by atoms with Crippen LogP contribution in [0.25, 0.3) is 28.0 Å². The first-order valence-corrected chi connectivity index (χ1v) is 10.2. The molecule has 0 saturated heterocycles. The number of pyridine rings is 3. The fourth-order valence-electron chi connectivity index (χ4n) is 3.33. The van der Waals surface area contributed by atoms with Crippen molar-refractivity contribution in [2.24, 2.45) is 0 Å². The molecule has 0 aliphatic carbocycles. The lowest BCUT2D eigenvalue weighted by molar-refractivity contribution is 0.232. The number of fused-ring (bicyclic) bond motifs is 1. The summed E-state index contributed by atoms with van der Waals surface area (Å²) in [5.41, 5.74) is 5.86. The highest BCUT2D eigenvalue weighted by atomic mass is 16.5. The Morgan fingerprint density at radius 3 is 2.13 bits per heavy atom. The zero-order chi connectivity index (χ0) is 21.3. The molecule has 0 aromatic carbocycles. The Morgan fingerprint density at radius 2 is 1.47 bits per heavy atom. The second kappa shape index (κ2) is 8.14. The minimum Gasteiger partial charge on any atom is -0.475 e. The number of rotatable bonds is 6. The van der Waals surface area contributed by atoms with Gasteiger partial charge in [-0.05, 0) is 58.9 Å².